The Kier molecular flexibility index (Phi) is 6.30. The molecular weight excluding hydrogens is 386 g/mol. The predicted octanol–water partition coefficient (Wildman–Crippen LogP) is 4.14. The first-order chi connectivity index (χ1) is 13.8. The number of aromatic nitrogens is 1. The highest BCUT2D eigenvalue weighted by Crippen LogP contribution is 2.31. The quantitative estimate of drug-likeness (QED) is 0.571. The van der Waals surface area contributed by atoms with Gasteiger partial charge in [-0.05, 0) is 69.7 Å². The van der Waals surface area contributed by atoms with Crippen LogP contribution < -0.4 is 10.6 Å². The summed E-state index contributed by atoms with van der Waals surface area (Å²) in [6.45, 7) is 7.50. The van der Waals surface area contributed by atoms with Crippen LogP contribution in [0.1, 0.15) is 26.3 Å². The molecule has 0 radical (unpaired) electrons. The summed E-state index contributed by atoms with van der Waals surface area (Å²) in [6.07, 6.45) is 0. The first kappa shape index (κ1) is 21.0. The fourth-order valence-corrected chi connectivity index (χ4v) is 3.81. The van der Waals surface area contributed by atoms with Gasteiger partial charge in [0.25, 0.3) is 0 Å². The first-order valence-electron chi connectivity index (χ1n) is 9.48. The van der Waals surface area contributed by atoms with Gasteiger partial charge >= 0.3 is 5.97 Å². The maximum atomic E-state index is 12.2. The minimum Gasteiger partial charge on any atom is -0.465 e. The lowest BCUT2D eigenvalue weighted by atomic mass is 10.1. The summed E-state index contributed by atoms with van der Waals surface area (Å²) < 4.78 is 6.16. The number of amides is 1. The zero-order valence-electron chi connectivity index (χ0n) is 17.0. The van der Waals surface area contributed by atoms with Gasteiger partial charge < -0.3 is 10.1 Å². The molecule has 0 spiro atoms. The number of carbonyl (C=O) groups excluding carboxylic acids is 2. The molecule has 3 aromatic rings. The molecule has 152 valence electrons. The molecule has 0 saturated heterocycles. The number of rotatable bonds is 7. The van der Waals surface area contributed by atoms with E-state index in [1.807, 2.05) is 30.3 Å². The van der Waals surface area contributed by atoms with Gasteiger partial charge in [-0.15, -0.1) is 11.3 Å². The van der Waals surface area contributed by atoms with Gasteiger partial charge in [0, 0.05) is 11.3 Å². The van der Waals surface area contributed by atoms with E-state index in [0.29, 0.717) is 12.3 Å². The van der Waals surface area contributed by atoms with Crippen LogP contribution in [-0.2, 0) is 14.3 Å². The summed E-state index contributed by atoms with van der Waals surface area (Å²) in [6, 6.07) is 13.8. The highest BCUT2D eigenvalue weighted by atomic mass is 32.1. The SMILES string of the molecule is CCOC(=O)C(C)(C)NCC(=O)Nc1ccc(-c2nc3ccc(C)cc3s2)cc1. The van der Waals surface area contributed by atoms with E-state index >= 15 is 0 Å². The molecule has 3 rings (SSSR count). The van der Waals surface area contributed by atoms with Crippen LogP contribution in [-0.4, -0.2) is 35.6 Å². The molecule has 0 aliphatic rings. The maximum absolute atomic E-state index is 12.2. The molecule has 6 nitrogen and oxygen atoms in total. The van der Waals surface area contributed by atoms with Crippen LogP contribution in [0.5, 0.6) is 0 Å². The van der Waals surface area contributed by atoms with Crippen molar-refractivity contribution in [3.8, 4) is 10.6 Å². The molecule has 0 unspecified atom stereocenters. The second-order valence-electron chi connectivity index (χ2n) is 7.31. The number of hydrogen-bond donors (Lipinski definition) is 2. The van der Waals surface area contributed by atoms with E-state index in [1.54, 1.807) is 32.1 Å². The smallest absolute Gasteiger partial charge is 0.325 e. The highest BCUT2D eigenvalue weighted by Gasteiger charge is 2.29. The van der Waals surface area contributed by atoms with Gasteiger partial charge in [0.2, 0.25) is 5.91 Å². The zero-order chi connectivity index (χ0) is 21.0. The number of anilines is 1. The molecule has 0 fully saturated rings. The van der Waals surface area contributed by atoms with E-state index in [2.05, 4.69) is 34.7 Å². The van der Waals surface area contributed by atoms with Crippen molar-refractivity contribution in [3.05, 3.63) is 48.0 Å². The van der Waals surface area contributed by atoms with Crippen LogP contribution in [0.15, 0.2) is 42.5 Å². The topological polar surface area (TPSA) is 80.3 Å². The Labute approximate surface area is 174 Å². The zero-order valence-corrected chi connectivity index (χ0v) is 17.9. The summed E-state index contributed by atoms with van der Waals surface area (Å²) in [7, 11) is 0. The van der Waals surface area contributed by atoms with Crippen molar-refractivity contribution < 1.29 is 14.3 Å². The Balaban J connectivity index is 1.61. The lowest BCUT2D eigenvalue weighted by Gasteiger charge is -2.23. The van der Waals surface area contributed by atoms with Gasteiger partial charge in [-0.25, -0.2) is 4.98 Å². The van der Waals surface area contributed by atoms with Gasteiger partial charge in [0.05, 0.1) is 23.4 Å². The molecule has 7 heteroatoms. The van der Waals surface area contributed by atoms with E-state index < -0.39 is 5.54 Å². The second kappa shape index (κ2) is 8.71. The van der Waals surface area contributed by atoms with Crippen molar-refractivity contribution in [3.63, 3.8) is 0 Å². The molecule has 0 saturated carbocycles. The third-order valence-corrected chi connectivity index (χ3v) is 5.50. The number of carbonyl (C=O) groups is 2. The summed E-state index contributed by atoms with van der Waals surface area (Å²) in [5.74, 6) is -0.617. The average molecular weight is 412 g/mol. The molecule has 2 N–H and O–H groups in total. The van der Waals surface area contributed by atoms with Crippen molar-refractivity contribution in [2.45, 2.75) is 33.2 Å². The molecule has 0 atom stereocenters. The van der Waals surface area contributed by atoms with Crippen LogP contribution >= 0.6 is 11.3 Å². The fraction of sp³-hybridized carbons (Fsp3) is 0.318. The van der Waals surface area contributed by atoms with E-state index in [1.165, 1.54) is 5.56 Å². The Bertz CT molecular complexity index is 1030. The number of benzene rings is 2. The Morgan fingerprint density at radius 2 is 1.86 bits per heavy atom. The largest absolute Gasteiger partial charge is 0.465 e. The van der Waals surface area contributed by atoms with Crippen LogP contribution in [0.2, 0.25) is 0 Å². The number of fused-ring (bicyclic) bond motifs is 1. The average Bonchev–Trinajstić information content (AvgIpc) is 3.10. The molecule has 1 heterocycles. The van der Waals surface area contributed by atoms with Gasteiger partial charge in [-0.1, -0.05) is 6.07 Å². The highest BCUT2D eigenvalue weighted by molar-refractivity contribution is 7.21. The number of nitrogens with one attached hydrogen (secondary N) is 2. The second-order valence-corrected chi connectivity index (χ2v) is 8.35. The summed E-state index contributed by atoms with van der Waals surface area (Å²) in [5.41, 5.74) is 2.96. The van der Waals surface area contributed by atoms with Crippen molar-refractivity contribution in [1.29, 1.82) is 0 Å². The third-order valence-electron chi connectivity index (χ3n) is 4.44. The Hall–Kier alpha value is -2.77. The number of ether oxygens (including phenoxy) is 1. The molecule has 29 heavy (non-hydrogen) atoms. The van der Waals surface area contributed by atoms with E-state index in [0.717, 1.165) is 20.8 Å². The van der Waals surface area contributed by atoms with Gasteiger partial charge in [-0.3, -0.25) is 14.9 Å². The standard InChI is InChI=1S/C22H25N3O3S/c1-5-28-21(27)22(3,4)23-13-19(26)24-16-9-7-15(8-10-16)20-25-17-11-6-14(2)12-18(17)29-20/h6-12,23H,5,13H2,1-4H3,(H,24,26). The lowest BCUT2D eigenvalue weighted by molar-refractivity contribution is -0.149. The van der Waals surface area contributed by atoms with Gasteiger partial charge in [-0.2, -0.15) is 0 Å². The van der Waals surface area contributed by atoms with E-state index in [-0.39, 0.29) is 18.4 Å². The van der Waals surface area contributed by atoms with Crippen LogP contribution in [0.25, 0.3) is 20.8 Å². The fourth-order valence-electron chi connectivity index (χ4n) is 2.74. The van der Waals surface area contributed by atoms with Crippen molar-refractivity contribution in [2.24, 2.45) is 0 Å². The normalized spacial score (nSPS) is 11.4. The predicted molar refractivity (Wildman–Crippen MR) is 117 cm³/mol. The minimum absolute atomic E-state index is 0.00475. The van der Waals surface area contributed by atoms with Crippen molar-refractivity contribution in [1.82, 2.24) is 10.3 Å². The molecular formula is C22H25N3O3S. The molecule has 0 aliphatic carbocycles. The summed E-state index contributed by atoms with van der Waals surface area (Å²) in [4.78, 5) is 28.8. The maximum Gasteiger partial charge on any atom is 0.325 e. The molecule has 1 amide bonds. The number of aryl methyl sites for hydroxylation is 1. The van der Waals surface area contributed by atoms with E-state index in [9.17, 15) is 9.59 Å². The number of nitrogens with zero attached hydrogens (tertiary/aromatic N) is 1. The first-order valence-corrected chi connectivity index (χ1v) is 10.3. The monoisotopic (exact) mass is 411 g/mol. The third kappa shape index (κ3) is 5.19. The van der Waals surface area contributed by atoms with Gasteiger partial charge in [0.15, 0.2) is 0 Å². The van der Waals surface area contributed by atoms with E-state index in [4.69, 9.17) is 4.74 Å². The molecule has 0 aliphatic heterocycles. The molecule has 0 bridgehead atoms. The molecule has 1 aromatic heterocycles. The lowest BCUT2D eigenvalue weighted by Crippen LogP contribution is -2.50. The van der Waals surface area contributed by atoms with Crippen LogP contribution in [0.3, 0.4) is 0 Å². The summed E-state index contributed by atoms with van der Waals surface area (Å²) in [5, 5.41) is 6.70. The summed E-state index contributed by atoms with van der Waals surface area (Å²) >= 11 is 1.65. The minimum atomic E-state index is -0.928. The van der Waals surface area contributed by atoms with Crippen LogP contribution in [0, 0.1) is 6.92 Å². The molecule has 2 aromatic carbocycles. The van der Waals surface area contributed by atoms with Gasteiger partial charge in [0.1, 0.15) is 10.5 Å². The number of hydrogen-bond acceptors (Lipinski definition) is 6. The van der Waals surface area contributed by atoms with Crippen molar-refractivity contribution >= 4 is 39.1 Å². The number of thiazole rings is 1. The van der Waals surface area contributed by atoms with Crippen LogP contribution in [0.4, 0.5) is 5.69 Å². The Morgan fingerprint density at radius 3 is 2.55 bits per heavy atom. The Morgan fingerprint density at radius 1 is 1.14 bits per heavy atom. The van der Waals surface area contributed by atoms with Crippen molar-refractivity contribution in [2.75, 3.05) is 18.5 Å². The number of esters is 1.